The first-order chi connectivity index (χ1) is 8.12. The lowest BCUT2D eigenvalue weighted by molar-refractivity contribution is 0.686. The van der Waals surface area contributed by atoms with Gasteiger partial charge in [0.1, 0.15) is 6.07 Å². The van der Waals surface area contributed by atoms with Crippen molar-refractivity contribution in [2.24, 2.45) is 5.92 Å². The Morgan fingerprint density at radius 3 is 2.65 bits per heavy atom. The van der Waals surface area contributed by atoms with Crippen LogP contribution in [0.25, 0.3) is 0 Å². The van der Waals surface area contributed by atoms with Gasteiger partial charge in [-0.3, -0.25) is 0 Å². The second-order valence-corrected chi connectivity index (χ2v) is 3.95. The number of rotatable bonds is 4. The van der Waals surface area contributed by atoms with E-state index in [9.17, 15) is 0 Å². The van der Waals surface area contributed by atoms with Gasteiger partial charge in [-0.15, -0.1) is 0 Å². The van der Waals surface area contributed by atoms with E-state index < -0.39 is 0 Å². The fraction of sp³-hybridized carbons (Fsp3) is 0.385. The molecule has 0 aliphatic heterocycles. The van der Waals surface area contributed by atoms with Crippen molar-refractivity contribution < 1.29 is 0 Å². The Morgan fingerprint density at radius 2 is 2.12 bits per heavy atom. The second kappa shape index (κ2) is 5.77. The van der Waals surface area contributed by atoms with E-state index >= 15 is 0 Å². The summed E-state index contributed by atoms with van der Waals surface area (Å²) in [6.07, 6.45) is 0. The molecule has 4 nitrogen and oxygen atoms in total. The standard InChI is InChI=1S/C13H16N4/c1-3-17(9-10(2)7-14)12-4-5-13(16)11(6-12)8-15/h4-6,10H,3,9,16H2,1-2H3. The highest BCUT2D eigenvalue weighted by atomic mass is 15.1. The zero-order valence-electron chi connectivity index (χ0n) is 10.1. The minimum atomic E-state index is -0.0435. The molecular formula is C13H16N4. The first-order valence-electron chi connectivity index (χ1n) is 5.56. The van der Waals surface area contributed by atoms with Crippen LogP contribution in [0.4, 0.5) is 11.4 Å². The number of hydrogen-bond donors (Lipinski definition) is 1. The van der Waals surface area contributed by atoms with E-state index in [0.717, 1.165) is 12.2 Å². The van der Waals surface area contributed by atoms with Gasteiger partial charge >= 0.3 is 0 Å². The van der Waals surface area contributed by atoms with Crippen molar-refractivity contribution in [3.63, 3.8) is 0 Å². The summed E-state index contributed by atoms with van der Waals surface area (Å²) >= 11 is 0. The van der Waals surface area contributed by atoms with Gasteiger partial charge in [-0.1, -0.05) is 0 Å². The number of nitrogens with zero attached hydrogens (tertiary/aromatic N) is 3. The number of hydrogen-bond acceptors (Lipinski definition) is 4. The Morgan fingerprint density at radius 1 is 1.41 bits per heavy atom. The van der Waals surface area contributed by atoms with Crippen molar-refractivity contribution in [3.05, 3.63) is 23.8 Å². The van der Waals surface area contributed by atoms with E-state index in [2.05, 4.69) is 17.0 Å². The molecule has 1 aromatic rings. The Bertz CT molecular complexity index is 467. The van der Waals surface area contributed by atoms with Crippen LogP contribution in [0.2, 0.25) is 0 Å². The van der Waals surface area contributed by atoms with Gasteiger partial charge in [0.2, 0.25) is 0 Å². The highest BCUT2D eigenvalue weighted by molar-refractivity contribution is 5.62. The zero-order chi connectivity index (χ0) is 12.8. The molecule has 0 heterocycles. The molecule has 0 aliphatic rings. The maximum absolute atomic E-state index is 8.92. The quantitative estimate of drug-likeness (QED) is 0.801. The van der Waals surface area contributed by atoms with E-state index in [-0.39, 0.29) is 5.92 Å². The molecule has 0 spiro atoms. The van der Waals surface area contributed by atoms with Crippen LogP contribution >= 0.6 is 0 Å². The summed E-state index contributed by atoms with van der Waals surface area (Å²) in [6.45, 7) is 5.35. The lowest BCUT2D eigenvalue weighted by Gasteiger charge is -2.24. The molecule has 0 amide bonds. The van der Waals surface area contributed by atoms with Crippen LogP contribution in [-0.2, 0) is 0 Å². The van der Waals surface area contributed by atoms with Crippen LogP contribution in [0.3, 0.4) is 0 Å². The molecule has 88 valence electrons. The summed E-state index contributed by atoms with van der Waals surface area (Å²) < 4.78 is 0. The van der Waals surface area contributed by atoms with Crippen LogP contribution in [0.5, 0.6) is 0 Å². The summed E-state index contributed by atoms with van der Waals surface area (Å²) in [5.41, 5.74) is 7.57. The van der Waals surface area contributed by atoms with Gasteiger partial charge in [0.05, 0.1) is 17.6 Å². The molecule has 4 heteroatoms. The molecule has 0 fully saturated rings. The van der Waals surface area contributed by atoms with Gasteiger partial charge in [0, 0.05) is 24.5 Å². The molecule has 0 aromatic heterocycles. The number of nitriles is 2. The third-order valence-corrected chi connectivity index (χ3v) is 2.62. The van der Waals surface area contributed by atoms with Crippen LogP contribution < -0.4 is 10.6 Å². The second-order valence-electron chi connectivity index (χ2n) is 3.95. The number of benzene rings is 1. The van der Waals surface area contributed by atoms with Gasteiger partial charge in [-0.05, 0) is 32.0 Å². The molecular weight excluding hydrogens is 212 g/mol. The summed E-state index contributed by atoms with van der Waals surface area (Å²) in [4.78, 5) is 2.06. The normalized spacial score (nSPS) is 11.3. The number of nitrogens with two attached hydrogens (primary N) is 1. The van der Waals surface area contributed by atoms with E-state index in [4.69, 9.17) is 16.3 Å². The minimum Gasteiger partial charge on any atom is -0.398 e. The zero-order valence-corrected chi connectivity index (χ0v) is 10.1. The lowest BCUT2D eigenvalue weighted by atomic mass is 10.1. The van der Waals surface area contributed by atoms with Gasteiger partial charge < -0.3 is 10.6 Å². The van der Waals surface area contributed by atoms with Crippen molar-refractivity contribution >= 4 is 11.4 Å². The molecule has 0 radical (unpaired) electrons. The molecule has 1 unspecified atom stereocenters. The van der Waals surface area contributed by atoms with Crippen molar-refractivity contribution in [1.29, 1.82) is 10.5 Å². The van der Waals surface area contributed by atoms with Crippen LogP contribution in [-0.4, -0.2) is 13.1 Å². The highest BCUT2D eigenvalue weighted by Crippen LogP contribution is 2.21. The fourth-order valence-electron chi connectivity index (χ4n) is 1.63. The van der Waals surface area contributed by atoms with Crippen LogP contribution in [0, 0.1) is 28.6 Å². The Hall–Kier alpha value is -2.20. The van der Waals surface area contributed by atoms with Gasteiger partial charge in [-0.25, -0.2) is 0 Å². The summed E-state index contributed by atoms with van der Waals surface area (Å²) in [6, 6.07) is 9.65. The maximum atomic E-state index is 8.92. The van der Waals surface area contributed by atoms with E-state index in [1.54, 1.807) is 12.1 Å². The predicted molar refractivity (Wildman–Crippen MR) is 68.2 cm³/mol. The number of nitrogen functional groups attached to an aromatic ring is 1. The largest absolute Gasteiger partial charge is 0.398 e. The molecule has 1 rings (SSSR count). The highest BCUT2D eigenvalue weighted by Gasteiger charge is 2.10. The van der Waals surface area contributed by atoms with Crippen molar-refractivity contribution in [2.45, 2.75) is 13.8 Å². The van der Waals surface area contributed by atoms with Crippen LogP contribution in [0.15, 0.2) is 18.2 Å². The van der Waals surface area contributed by atoms with E-state index in [1.807, 2.05) is 19.9 Å². The van der Waals surface area contributed by atoms with Crippen LogP contribution in [0.1, 0.15) is 19.4 Å². The Kier molecular flexibility index (Phi) is 4.37. The summed E-state index contributed by atoms with van der Waals surface area (Å²) in [5.74, 6) is -0.0435. The van der Waals surface area contributed by atoms with Crippen molar-refractivity contribution in [3.8, 4) is 12.1 Å². The third kappa shape index (κ3) is 3.12. The molecule has 1 atom stereocenters. The van der Waals surface area contributed by atoms with E-state index in [0.29, 0.717) is 17.8 Å². The molecule has 1 aromatic carbocycles. The topological polar surface area (TPSA) is 76.8 Å². The van der Waals surface area contributed by atoms with Crippen molar-refractivity contribution in [1.82, 2.24) is 0 Å². The van der Waals surface area contributed by atoms with Gasteiger partial charge in [0.15, 0.2) is 0 Å². The van der Waals surface area contributed by atoms with E-state index in [1.165, 1.54) is 0 Å². The fourth-order valence-corrected chi connectivity index (χ4v) is 1.63. The average Bonchev–Trinajstić information content (AvgIpc) is 2.36. The predicted octanol–water partition coefficient (Wildman–Crippen LogP) is 2.13. The third-order valence-electron chi connectivity index (χ3n) is 2.62. The lowest BCUT2D eigenvalue weighted by Crippen LogP contribution is -2.27. The van der Waals surface area contributed by atoms with Gasteiger partial charge in [-0.2, -0.15) is 10.5 Å². The average molecular weight is 228 g/mol. The monoisotopic (exact) mass is 228 g/mol. The summed E-state index contributed by atoms with van der Waals surface area (Å²) in [5, 5.41) is 17.7. The number of anilines is 2. The van der Waals surface area contributed by atoms with Crippen molar-refractivity contribution in [2.75, 3.05) is 23.7 Å². The Balaban J connectivity index is 2.98. The Labute approximate surface area is 102 Å². The summed E-state index contributed by atoms with van der Waals surface area (Å²) in [7, 11) is 0. The van der Waals surface area contributed by atoms with Gasteiger partial charge in [0.25, 0.3) is 0 Å². The first kappa shape index (κ1) is 12.9. The molecule has 0 aliphatic carbocycles. The molecule has 17 heavy (non-hydrogen) atoms. The molecule has 0 saturated carbocycles. The molecule has 2 N–H and O–H groups in total. The maximum Gasteiger partial charge on any atom is 0.101 e. The molecule has 0 saturated heterocycles. The molecule has 0 bridgehead atoms. The SMILES string of the molecule is CCN(CC(C)C#N)c1ccc(N)c(C#N)c1. The first-order valence-corrected chi connectivity index (χ1v) is 5.56. The minimum absolute atomic E-state index is 0.0435. The smallest absolute Gasteiger partial charge is 0.101 e.